The van der Waals surface area contributed by atoms with Gasteiger partial charge in [0.05, 0.1) is 0 Å². The molecule has 0 saturated heterocycles. The minimum Gasteiger partial charge on any atom is -0.456 e. The summed E-state index contributed by atoms with van der Waals surface area (Å²) in [5.41, 5.74) is 10.7. The van der Waals surface area contributed by atoms with E-state index < -0.39 is 0 Å². The Hall–Kier alpha value is -5.35. The summed E-state index contributed by atoms with van der Waals surface area (Å²) in [6, 6.07) is 48.8. The number of furan rings is 2. The Labute approximate surface area is 279 Å². The average molecular weight is 771 g/mol. The monoisotopic (exact) mass is 771 g/mol. The molecule has 0 aliphatic carbocycles. The molecule has 0 aliphatic rings. The molecule has 0 atom stereocenters. The van der Waals surface area contributed by atoms with Crippen LogP contribution in [-0.2, 0) is 20.1 Å². The van der Waals surface area contributed by atoms with Gasteiger partial charge in [0.25, 0.3) is 0 Å². The molecular weight excluding hydrogens is 745 g/mol. The Bertz CT molecular complexity index is 2430. The SMILES string of the molecule is Cc1ccc(-c2[c-]cccc2)nc1.[Ir].[c-]1ccccc1-c1cc(-c2cccc3c2oc2ccc4oc5ccccc5c4c23)ccn1. The Morgan fingerprint density at radius 1 is 0.565 bits per heavy atom. The van der Waals surface area contributed by atoms with Gasteiger partial charge in [0.15, 0.2) is 0 Å². The molecule has 0 saturated carbocycles. The van der Waals surface area contributed by atoms with Crippen molar-refractivity contribution in [1.82, 2.24) is 9.97 Å². The van der Waals surface area contributed by atoms with Crippen LogP contribution in [0.25, 0.3) is 77.5 Å². The van der Waals surface area contributed by atoms with Crippen LogP contribution in [-0.4, -0.2) is 9.97 Å². The smallest absolute Gasteiger partial charge is 0.143 e. The molecule has 5 aromatic carbocycles. The maximum absolute atomic E-state index is 6.44. The van der Waals surface area contributed by atoms with Gasteiger partial charge < -0.3 is 18.8 Å². The van der Waals surface area contributed by atoms with Crippen LogP contribution in [0.1, 0.15) is 5.56 Å². The van der Waals surface area contributed by atoms with Crippen molar-refractivity contribution in [3.8, 4) is 33.6 Å². The van der Waals surface area contributed by atoms with Crippen LogP contribution in [0.4, 0.5) is 0 Å². The fraction of sp³-hybridized carbons (Fsp3) is 0.0244. The number of fused-ring (bicyclic) bond motifs is 7. The molecule has 4 heterocycles. The van der Waals surface area contributed by atoms with Gasteiger partial charge in [-0.15, -0.1) is 71.8 Å². The summed E-state index contributed by atoms with van der Waals surface area (Å²) in [5.74, 6) is 0. The van der Waals surface area contributed by atoms with Crippen LogP contribution in [0.15, 0.2) is 149 Å². The van der Waals surface area contributed by atoms with E-state index in [9.17, 15) is 0 Å². The minimum atomic E-state index is 0. The third-order valence-electron chi connectivity index (χ3n) is 7.95. The molecule has 4 nitrogen and oxygen atoms in total. The van der Waals surface area contributed by atoms with E-state index in [0.29, 0.717) is 0 Å². The van der Waals surface area contributed by atoms with Crippen LogP contribution >= 0.6 is 0 Å². The zero-order valence-corrected chi connectivity index (χ0v) is 27.2. The number of hydrogen-bond acceptors (Lipinski definition) is 4. The average Bonchev–Trinajstić information content (AvgIpc) is 3.68. The van der Waals surface area contributed by atoms with Crippen LogP contribution < -0.4 is 0 Å². The van der Waals surface area contributed by atoms with E-state index in [4.69, 9.17) is 8.83 Å². The first-order valence-electron chi connectivity index (χ1n) is 14.8. The molecule has 223 valence electrons. The number of pyridine rings is 2. The molecule has 0 aliphatic heterocycles. The predicted octanol–water partition coefficient (Wildman–Crippen LogP) is 10.9. The van der Waals surface area contributed by atoms with Crippen LogP contribution in [0.5, 0.6) is 0 Å². The van der Waals surface area contributed by atoms with E-state index in [2.05, 4.69) is 58.5 Å². The van der Waals surface area contributed by atoms with Crippen molar-refractivity contribution in [3.05, 3.63) is 157 Å². The van der Waals surface area contributed by atoms with Crippen molar-refractivity contribution < 1.29 is 28.9 Å². The number of hydrogen-bond donors (Lipinski definition) is 0. The Morgan fingerprint density at radius 3 is 2.00 bits per heavy atom. The van der Waals surface area contributed by atoms with Gasteiger partial charge in [-0.1, -0.05) is 54.6 Å². The summed E-state index contributed by atoms with van der Waals surface area (Å²) in [5, 5.41) is 4.38. The van der Waals surface area contributed by atoms with Crippen LogP contribution in [0.3, 0.4) is 0 Å². The molecule has 4 aromatic heterocycles. The second-order valence-electron chi connectivity index (χ2n) is 10.9. The van der Waals surface area contributed by atoms with Gasteiger partial charge in [0.1, 0.15) is 22.3 Å². The van der Waals surface area contributed by atoms with E-state index in [0.717, 1.165) is 77.5 Å². The number of aromatic nitrogens is 2. The first-order chi connectivity index (χ1) is 22.2. The van der Waals surface area contributed by atoms with Gasteiger partial charge in [-0.25, -0.2) is 0 Å². The third kappa shape index (κ3) is 5.41. The van der Waals surface area contributed by atoms with Crippen LogP contribution in [0, 0.1) is 19.1 Å². The molecular formula is C41H26IrN2O2-2. The molecule has 9 aromatic rings. The summed E-state index contributed by atoms with van der Waals surface area (Å²) in [6.07, 6.45) is 3.71. The number of benzene rings is 5. The summed E-state index contributed by atoms with van der Waals surface area (Å²) in [7, 11) is 0. The standard InChI is InChI=1S/C29H16NO2.C12H10N.Ir/c1-2-7-18(8-3-1)23-17-19(15-16-30-23)20-10-6-11-22-28-26(32-29(20)22)14-13-25-27(28)21-9-4-5-12-24(21)31-25;1-10-7-8-12(13-9-10)11-5-3-2-4-6-11;/h1-7,9-17H;2-5,7-9H,1H3;/q2*-1;. The van der Waals surface area contributed by atoms with Gasteiger partial charge >= 0.3 is 0 Å². The number of nitrogens with zero attached hydrogens (tertiary/aromatic N) is 2. The zero-order valence-electron chi connectivity index (χ0n) is 24.8. The number of aryl methyl sites for hydroxylation is 1. The largest absolute Gasteiger partial charge is 0.456 e. The molecule has 1 radical (unpaired) electrons. The second kappa shape index (κ2) is 12.6. The van der Waals surface area contributed by atoms with Gasteiger partial charge in [-0.05, 0) is 53.7 Å². The zero-order chi connectivity index (χ0) is 30.2. The number of para-hydroxylation sites is 2. The van der Waals surface area contributed by atoms with E-state index in [1.165, 1.54) is 5.56 Å². The van der Waals surface area contributed by atoms with Crippen molar-refractivity contribution >= 4 is 43.9 Å². The fourth-order valence-electron chi connectivity index (χ4n) is 5.81. The van der Waals surface area contributed by atoms with E-state index in [-0.39, 0.29) is 20.1 Å². The summed E-state index contributed by atoms with van der Waals surface area (Å²) in [6.45, 7) is 2.03. The molecule has 5 heteroatoms. The van der Waals surface area contributed by atoms with Crippen molar-refractivity contribution in [2.75, 3.05) is 0 Å². The van der Waals surface area contributed by atoms with Crippen molar-refractivity contribution in [2.24, 2.45) is 0 Å². The molecule has 0 bridgehead atoms. The molecule has 0 N–H and O–H groups in total. The molecule has 0 amide bonds. The number of rotatable bonds is 3. The first kappa shape index (κ1) is 29.4. The van der Waals surface area contributed by atoms with Gasteiger partial charge in [0, 0.05) is 59.6 Å². The predicted molar refractivity (Wildman–Crippen MR) is 182 cm³/mol. The van der Waals surface area contributed by atoms with Crippen molar-refractivity contribution in [1.29, 1.82) is 0 Å². The fourth-order valence-corrected chi connectivity index (χ4v) is 5.81. The summed E-state index contributed by atoms with van der Waals surface area (Å²) < 4.78 is 12.5. The molecule has 46 heavy (non-hydrogen) atoms. The molecule has 0 fully saturated rings. The van der Waals surface area contributed by atoms with Gasteiger partial charge in [-0.3, -0.25) is 0 Å². The third-order valence-corrected chi connectivity index (χ3v) is 7.95. The maximum atomic E-state index is 6.44. The molecule has 9 rings (SSSR count). The Balaban J connectivity index is 0.000000204. The van der Waals surface area contributed by atoms with E-state index >= 15 is 0 Å². The minimum absolute atomic E-state index is 0. The summed E-state index contributed by atoms with van der Waals surface area (Å²) in [4.78, 5) is 8.87. The molecule has 0 unspecified atom stereocenters. The quantitative estimate of drug-likeness (QED) is 0.168. The van der Waals surface area contributed by atoms with Crippen LogP contribution in [0.2, 0.25) is 0 Å². The summed E-state index contributed by atoms with van der Waals surface area (Å²) >= 11 is 0. The molecule has 0 spiro atoms. The van der Waals surface area contributed by atoms with Crippen molar-refractivity contribution in [3.63, 3.8) is 0 Å². The van der Waals surface area contributed by atoms with E-state index in [1.807, 2.05) is 110 Å². The van der Waals surface area contributed by atoms with Gasteiger partial charge in [0.2, 0.25) is 0 Å². The normalized spacial score (nSPS) is 11.0. The van der Waals surface area contributed by atoms with E-state index in [1.54, 1.807) is 0 Å². The topological polar surface area (TPSA) is 52.1 Å². The first-order valence-corrected chi connectivity index (χ1v) is 14.8. The second-order valence-corrected chi connectivity index (χ2v) is 10.9. The maximum Gasteiger partial charge on any atom is 0.143 e. The van der Waals surface area contributed by atoms with Gasteiger partial charge in [-0.2, -0.15) is 0 Å². The Morgan fingerprint density at radius 2 is 1.26 bits per heavy atom. The Kier molecular flexibility index (Phi) is 8.02. The van der Waals surface area contributed by atoms with Crippen molar-refractivity contribution in [2.45, 2.75) is 6.92 Å².